The van der Waals surface area contributed by atoms with Crippen molar-refractivity contribution in [1.29, 1.82) is 0 Å². The predicted molar refractivity (Wildman–Crippen MR) is 95.4 cm³/mol. The van der Waals surface area contributed by atoms with Crippen LogP contribution < -0.4 is 0 Å². The van der Waals surface area contributed by atoms with E-state index in [-0.39, 0.29) is 0 Å². The topological polar surface area (TPSA) is 9.23 Å². The average molecular weight is 295 g/mol. The highest BCUT2D eigenvalue weighted by molar-refractivity contribution is 4.97. The molecule has 1 heteroatoms. The Hall–Kier alpha value is -0.720. The normalized spacial score (nSPS) is 12.8. The van der Waals surface area contributed by atoms with Crippen molar-refractivity contribution >= 4 is 0 Å². The van der Waals surface area contributed by atoms with Crippen molar-refractivity contribution in [3.8, 4) is 0 Å². The van der Waals surface area contributed by atoms with E-state index >= 15 is 0 Å². The first-order valence-corrected chi connectivity index (χ1v) is 9.22. The van der Waals surface area contributed by atoms with Gasteiger partial charge in [-0.3, -0.25) is 0 Å². The van der Waals surface area contributed by atoms with Crippen LogP contribution in [-0.2, 0) is 4.74 Å². The fraction of sp³-hybridized carbons (Fsp3) is 0.800. The standard InChI is InChI=1S/C20H38O/c1-5-7-9-11-13-15-17-19(3)21-20(4)18-16-14-12-10-8-6-2/h17-18H,5-16H2,1-4H3. The lowest BCUT2D eigenvalue weighted by molar-refractivity contribution is 0.305. The minimum absolute atomic E-state index is 1.06. The van der Waals surface area contributed by atoms with Crippen molar-refractivity contribution in [1.82, 2.24) is 0 Å². The van der Waals surface area contributed by atoms with Crippen LogP contribution in [0.1, 0.15) is 105 Å². The van der Waals surface area contributed by atoms with Gasteiger partial charge in [0.15, 0.2) is 0 Å². The van der Waals surface area contributed by atoms with E-state index in [1.54, 1.807) is 0 Å². The van der Waals surface area contributed by atoms with Crippen molar-refractivity contribution < 1.29 is 4.74 Å². The molecular weight excluding hydrogens is 256 g/mol. The van der Waals surface area contributed by atoms with Crippen molar-refractivity contribution in [2.24, 2.45) is 0 Å². The van der Waals surface area contributed by atoms with Crippen molar-refractivity contribution in [3.63, 3.8) is 0 Å². The molecule has 0 atom stereocenters. The summed E-state index contributed by atoms with van der Waals surface area (Å²) in [6.45, 7) is 8.67. The lowest BCUT2D eigenvalue weighted by atomic mass is 10.1. The van der Waals surface area contributed by atoms with Crippen LogP contribution in [0.25, 0.3) is 0 Å². The maximum Gasteiger partial charge on any atom is 0.0965 e. The Morgan fingerprint density at radius 3 is 1.38 bits per heavy atom. The third kappa shape index (κ3) is 15.5. The Morgan fingerprint density at radius 1 is 0.619 bits per heavy atom. The van der Waals surface area contributed by atoms with Crippen LogP contribution >= 0.6 is 0 Å². The molecule has 1 nitrogen and oxygen atoms in total. The van der Waals surface area contributed by atoms with E-state index in [1.165, 1.54) is 64.2 Å². The highest BCUT2D eigenvalue weighted by atomic mass is 16.5. The second-order valence-corrected chi connectivity index (χ2v) is 6.14. The quantitative estimate of drug-likeness (QED) is 0.237. The second kappa shape index (κ2) is 15.7. The molecule has 0 saturated carbocycles. The maximum absolute atomic E-state index is 5.83. The Bertz CT molecular complexity index is 248. The first-order valence-electron chi connectivity index (χ1n) is 9.22. The van der Waals surface area contributed by atoms with Crippen LogP contribution in [0.5, 0.6) is 0 Å². The Labute approximate surface area is 133 Å². The van der Waals surface area contributed by atoms with Gasteiger partial charge >= 0.3 is 0 Å². The number of hydrogen-bond donors (Lipinski definition) is 0. The Morgan fingerprint density at radius 2 is 1.00 bits per heavy atom. The van der Waals surface area contributed by atoms with Gasteiger partial charge in [0.2, 0.25) is 0 Å². The number of unbranched alkanes of at least 4 members (excludes halogenated alkanes) is 10. The number of rotatable bonds is 14. The van der Waals surface area contributed by atoms with Gasteiger partial charge in [0.05, 0.1) is 11.5 Å². The molecule has 124 valence electrons. The molecule has 0 aromatic carbocycles. The smallest absolute Gasteiger partial charge is 0.0965 e. The summed E-state index contributed by atoms with van der Waals surface area (Å²) in [7, 11) is 0. The van der Waals surface area contributed by atoms with Crippen molar-refractivity contribution in [3.05, 3.63) is 23.7 Å². The molecule has 0 amide bonds. The van der Waals surface area contributed by atoms with E-state index in [0.29, 0.717) is 0 Å². The van der Waals surface area contributed by atoms with E-state index in [2.05, 4.69) is 39.8 Å². The van der Waals surface area contributed by atoms with Crippen LogP contribution in [0.15, 0.2) is 23.7 Å². The van der Waals surface area contributed by atoms with Crippen molar-refractivity contribution in [2.45, 2.75) is 105 Å². The van der Waals surface area contributed by atoms with E-state index in [9.17, 15) is 0 Å². The molecule has 0 aliphatic heterocycles. The monoisotopic (exact) mass is 294 g/mol. The molecule has 0 aromatic rings. The number of allylic oxidation sites excluding steroid dienone is 4. The highest BCUT2D eigenvalue weighted by Crippen LogP contribution is 2.12. The number of ether oxygens (including phenoxy) is 1. The molecule has 0 heterocycles. The van der Waals surface area contributed by atoms with Gasteiger partial charge in [-0.15, -0.1) is 0 Å². The largest absolute Gasteiger partial charge is 0.467 e. The van der Waals surface area contributed by atoms with Crippen LogP contribution in [-0.4, -0.2) is 0 Å². The third-order valence-electron chi connectivity index (χ3n) is 3.80. The molecule has 0 N–H and O–H groups in total. The minimum atomic E-state index is 1.06. The highest BCUT2D eigenvalue weighted by Gasteiger charge is 1.94. The molecule has 0 unspecified atom stereocenters. The Kier molecular flexibility index (Phi) is 15.1. The maximum atomic E-state index is 5.83. The van der Waals surface area contributed by atoms with Crippen LogP contribution in [0.3, 0.4) is 0 Å². The summed E-state index contributed by atoms with van der Waals surface area (Å²) in [5, 5.41) is 0. The zero-order valence-electron chi connectivity index (χ0n) is 15.0. The SMILES string of the molecule is CCCCCCCC=C(C)OC(C)=CCCCCCCC. The zero-order chi connectivity index (χ0) is 15.8. The van der Waals surface area contributed by atoms with Gasteiger partial charge in [-0.25, -0.2) is 0 Å². The molecule has 0 bridgehead atoms. The summed E-state index contributed by atoms with van der Waals surface area (Å²) in [5.74, 6) is 2.12. The lowest BCUT2D eigenvalue weighted by Gasteiger charge is -2.06. The van der Waals surface area contributed by atoms with E-state index < -0.39 is 0 Å². The fourth-order valence-corrected chi connectivity index (χ4v) is 2.44. The lowest BCUT2D eigenvalue weighted by Crippen LogP contribution is -1.87. The molecule has 0 aliphatic rings. The minimum Gasteiger partial charge on any atom is -0.467 e. The summed E-state index contributed by atoms with van der Waals surface area (Å²) in [5.41, 5.74) is 0. The molecule has 21 heavy (non-hydrogen) atoms. The first-order chi connectivity index (χ1) is 10.2. The fourth-order valence-electron chi connectivity index (χ4n) is 2.44. The van der Waals surface area contributed by atoms with E-state index in [1.807, 2.05) is 0 Å². The molecule has 0 fully saturated rings. The molecular formula is C20H38O. The van der Waals surface area contributed by atoms with Gasteiger partial charge in [0.1, 0.15) is 0 Å². The summed E-state index contributed by atoms with van der Waals surface area (Å²) >= 11 is 0. The molecule has 0 rings (SSSR count). The van der Waals surface area contributed by atoms with Gasteiger partial charge < -0.3 is 4.74 Å². The molecule has 0 aliphatic carbocycles. The molecule has 0 saturated heterocycles. The average Bonchev–Trinajstić information content (AvgIpc) is 2.46. The van der Waals surface area contributed by atoms with Gasteiger partial charge in [0.25, 0.3) is 0 Å². The van der Waals surface area contributed by atoms with Gasteiger partial charge in [0, 0.05) is 0 Å². The van der Waals surface area contributed by atoms with Crippen molar-refractivity contribution in [2.75, 3.05) is 0 Å². The summed E-state index contributed by atoms with van der Waals surface area (Å²) in [4.78, 5) is 0. The van der Waals surface area contributed by atoms with E-state index in [0.717, 1.165) is 24.4 Å². The van der Waals surface area contributed by atoms with Crippen LogP contribution in [0.4, 0.5) is 0 Å². The predicted octanol–water partition coefficient (Wildman–Crippen LogP) is 7.53. The zero-order valence-corrected chi connectivity index (χ0v) is 15.0. The first kappa shape index (κ1) is 20.3. The summed E-state index contributed by atoms with van der Waals surface area (Å²) in [6.07, 6.45) is 20.2. The number of hydrogen-bond acceptors (Lipinski definition) is 1. The molecule has 0 spiro atoms. The van der Waals surface area contributed by atoms with Gasteiger partial charge in [-0.05, 0) is 51.7 Å². The van der Waals surface area contributed by atoms with Crippen LogP contribution in [0, 0.1) is 0 Å². The van der Waals surface area contributed by atoms with E-state index in [4.69, 9.17) is 4.74 Å². The van der Waals surface area contributed by atoms with Crippen LogP contribution in [0.2, 0.25) is 0 Å². The molecule has 0 radical (unpaired) electrons. The third-order valence-corrected chi connectivity index (χ3v) is 3.80. The van der Waals surface area contributed by atoms with Gasteiger partial charge in [-0.2, -0.15) is 0 Å². The van der Waals surface area contributed by atoms with Gasteiger partial charge in [-0.1, -0.05) is 65.2 Å². The summed E-state index contributed by atoms with van der Waals surface area (Å²) < 4.78 is 5.83. The summed E-state index contributed by atoms with van der Waals surface area (Å²) in [6, 6.07) is 0. The molecule has 0 aromatic heterocycles. The second-order valence-electron chi connectivity index (χ2n) is 6.14. The Balaban J connectivity index is 3.63.